The average Bonchev–Trinajstić information content (AvgIpc) is 2.60. The Kier molecular flexibility index (Phi) is 6.95. The van der Waals surface area contributed by atoms with Crippen LogP contribution in [0.4, 0.5) is 0 Å². The molecule has 0 unspecified atom stereocenters. The zero-order valence-electron chi connectivity index (χ0n) is 13.6. The zero-order chi connectivity index (χ0) is 18.2. The third-order valence-corrected chi connectivity index (χ3v) is 4.03. The summed E-state index contributed by atoms with van der Waals surface area (Å²) in [6.07, 6.45) is 6.98. The molecule has 0 fully saturated rings. The minimum Gasteiger partial charge on any atom is -0.490 e. The fourth-order valence-electron chi connectivity index (χ4n) is 2.16. The van der Waals surface area contributed by atoms with Gasteiger partial charge in [0, 0.05) is 4.47 Å². The molecule has 126 valence electrons. The lowest BCUT2D eigenvalue weighted by Crippen LogP contribution is -2.00. The SMILES string of the molecule is C#CCOc1c(Cl)cc(C=C(C#N)c2ccc(Br)cc2)cc1OCC. The van der Waals surface area contributed by atoms with Gasteiger partial charge in [0.15, 0.2) is 11.5 Å². The summed E-state index contributed by atoms with van der Waals surface area (Å²) >= 11 is 9.69. The highest BCUT2D eigenvalue weighted by atomic mass is 79.9. The van der Waals surface area contributed by atoms with Gasteiger partial charge in [-0.3, -0.25) is 0 Å². The third kappa shape index (κ3) is 5.03. The maximum Gasteiger partial charge on any atom is 0.181 e. The molecule has 0 saturated carbocycles. The van der Waals surface area contributed by atoms with Crippen LogP contribution in [-0.4, -0.2) is 13.2 Å². The second-order valence-electron chi connectivity index (χ2n) is 4.93. The number of rotatable bonds is 6. The van der Waals surface area contributed by atoms with Gasteiger partial charge in [-0.15, -0.1) is 6.42 Å². The van der Waals surface area contributed by atoms with Crippen LogP contribution >= 0.6 is 27.5 Å². The Morgan fingerprint density at radius 2 is 2.00 bits per heavy atom. The highest BCUT2D eigenvalue weighted by molar-refractivity contribution is 9.10. The van der Waals surface area contributed by atoms with Crippen molar-refractivity contribution in [2.45, 2.75) is 6.92 Å². The Morgan fingerprint density at radius 1 is 1.28 bits per heavy atom. The van der Waals surface area contributed by atoms with Crippen molar-refractivity contribution in [3.63, 3.8) is 0 Å². The predicted octanol–water partition coefficient (Wildman–Crippen LogP) is 5.58. The van der Waals surface area contributed by atoms with Gasteiger partial charge in [0.1, 0.15) is 6.61 Å². The summed E-state index contributed by atoms with van der Waals surface area (Å²) in [4.78, 5) is 0. The van der Waals surface area contributed by atoms with Crippen LogP contribution in [0.25, 0.3) is 11.6 Å². The van der Waals surface area contributed by atoms with Crippen LogP contribution in [-0.2, 0) is 0 Å². The van der Waals surface area contributed by atoms with Crippen LogP contribution in [0.5, 0.6) is 11.5 Å². The molecule has 2 rings (SSSR count). The maximum absolute atomic E-state index is 9.48. The Labute approximate surface area is 161 Å². The fraction of sp³-hybridized carbons (Fsp3) is 0.150. The van der Waals surface area contributed by atoms with Crippen molar-refractivity contribution in [2.24, 2.45) is 0 Å². The standard InChI is InChI=1S/C20H15BrClNO2/c1-3-9-25-20-18(22)11-14(12-19(20)24-4-2)10-16(13-23)15-5-7-17(21)8-6-15/h1,5-8,10-12H,4,9H2,2H3. The summed E-state index contributed by atoms with van der Waals surface area (Å²) in [5.74, 6) is 3.29. The molecule has 5 heteroatoms. The van der Waals surface area contributed by atoms with Gasteiger partial charge in [-0.25, -0.2) is 0 Å². The van der Waals surface area contributed by atoms with Crippen LogP contribution in [0.15, 0.2) is 40.9 Å². The molecule has 2 aromatic rings. The zero-order valence-corrected chi connectivity index (χ0v) is 15.9. The molecule has 0 radical (unpaired) electrons. The van der Waals surface area contributed by atoms with Crippen LogP contribution < -0.4 is 9.47 Å². The topological polar surface area (TPSA) is 42.2 Å². The van der Waals surface area contributed by atoms with Gasteiger partial charge in [-0.2, -0.15) is 5.26 Å². The highest BCUT2D eigenvalue weighted by Gasteiger charge is 2.12. The molecule has 25 heavy (non-hydrogen) atoms. The minimum absolute atomic E-state index is 0.0946. The summed E-state index contributed by atoms with van der Waals surface area (Å²) in [6, 6.07) is 13.2. The van der Waals surface area contributed by atoms with Gasteiger partial charge in [0.25, 0.3) is 0 Å². The van der Waals surface area contributed by atoms with Crippen molar-refractivity contribution in [3.05, 3.63) is 57.0 Å². The van der Waals surface area contributed by atoms with E-state index in [0.717, 1.165) is 15.6 Å². The lowest BCUT2D eigenvalue weighted by molar-refractivity contribution is 0.299. The van der Waals surface area contributed by atoms with Crippen molar-refractivity contribution in [1.29, 1.82) is 5.26 Å². The van der Waals surface area contributed by atoms with Crippen molar-refractivity contribution in [2.75, 3.05) is 13.2 Å². The number of nitriles is 1. The monoisotopic (exact) mass is 415 g/mol. The van der Waals surface area contributed by atoms with Crippen molar-refractivity contribution >= 4 is 39.2 Å². The number of hydrogen-bond donors (Lipinski definition) is 0. The predicted molar refractivity (Wildman–Crippen MR) is 105 cm³/mol. The van der Waals surface area contributed by atoms with E-state index < -0.39 is 0 Å². The Hall–Kier alpha value is -2.40. The van der Waals surface area contributed by atoms with Gasteiger partial charge in [-0.05, 0) is 48.4 Å². The van der Waals surface area contributed by atoms with Crippen molar-refractivity contribution in [1.82, 2.24) is 0 Å². The third-order valence-electron chi connectivity index (χ3n) is 3.22. The molecular formula is C20H15BrClNO2. The first-order valence-electron chi connectivity index (χ1n) is 7.49. The molecule has 0 aromatic heterocycles. The van der Waals surface area contributed by atoms with Gasteiger partial charge in [0.2, 0.25) is 0 Å². The van der Waals surface area contributed by atoms with Crippen LogP contribution in [0.3, 0.4) is 0 Å². The molecular weight excluding hydrogens is 402 g/mol. The molecule has 0 saturated heterocycles. The van der Waals surface area contributed by atoms with E-state index in [2.05, 4.69) is 27.9 Å². The van der Waals surface area contributed by atoms with E-state index in [4.69, 9.17) is 27.5 Å². The molecule has 0 amide bonds. The molecule has 0 heterocycles. The van der Waals surface area contributed by atoms with Crippen LogP contribution in [0.2, 0.25) is 5.02 Å². The molecule has 0 aliphatic heterocycles. The summed E-state index contributed by atoms with van der Waals surface area (Å²) in [5.41, 5.74) is 2.07. The lowest BCUT2D eigenvalue weighted by Gasteiger charge is -2.13. The second kappa shape index (κ2) is 9.18. The van der Waals surface area contributed by atoms with Crippen molar-refractivity contribution < 1.29 is 9.47 Å². The van der Waals surface area contributed by atoms with E-state index in [9.17, 15) is 5.26 Å². The average molecular weight is 417 g/mol. The number of allylic oxidation sites excluding steroid dienone is 1. The van der Waals surface area contributed by atoms with E-state index >= 15 is 0 Å². The first-order chi connectivity index (χ1) is 12.1. The van der Waals surface area contributed by atoms with E-state index in [1.165, 1.54) is 0 Å². The maximum atomic E-state index is 9.48. The quantitative estimate of drug-likeness (QED) is 0.351. The molecule has 0 aliphatic carbocycles. The molecule has 2 aromatic carbocycles. The van der Waals surface area contributed by atoms with Gasteiger partial charge < -0.3 is 9.47 Å². The fourth-order valence-corrected chi connectivity index (χ4v) is 2.70. The number of nitrogens with zero attached hydrogens (tertiary/aromatic N) is 1. The minimum atomic E-state index is 0.0946. The van der Waals surface area contributed by atoms with E-state index in [1.54, 1.807) is 18.2 Å². The van der Waals surface area contributed by atoms with Crippen molar-refractivity contribution in [3.8, 4) is 29.9 Å². The summed E-state index contributed by atoms with van der Waals surface area (Å²) in [5, 5.41) is 9.86. The number of benzene rings is 2. The number of halogens is 2. The van der Waals surface area contributed by atoms with Gasteiger partial charge in [-0.1, -0.05) is 45.6 Å². The molecule has 0 N–H and O–H groups in total. The summed E-state index contributed by atoms with van der Waals surface area (Å²) in [7, 11) is 0. The number of hydrogen-bond acceptors (Lipinski definition) is 3. The normalized spacial score (nSPS) is 10.7. The molecule has 3 nitrogen and oxygen atoms in total. The second-order valence-corrected chi connectivity index (χ2v) is 6.26. The molecule has 0 atom stereocenters. The van der Waals surface area contributed by atoms with Crippen LogP contribution in [0, 0.1) is 23.7 Å². The Bertz CT molecular complexity index is 861. The Balaban J connectivity index is 2.45. The first-order valence-corrected chi connectivity index (χ1v) is 8.66. The largest absolute Gasteiger partial charge is 0.490 e. The summed E-state index contributed by atoms with van der Waals surface area (Å²) in [6.45, 7) is 2.41. The number of ether oxygens (including phenoxy) is 2. The molecule has 0 spiro atoms. The van der Waals surface area contributed by atoms with E-state index in [1.807, 2.05) is 31.2 Å². The van der Waals surface area contributed by atoms with Gasteiger partial charge >= 0.3 is 0 Å². The molecule has 0 aliphatic rings. The van der Waals surface area contributed by atoms with E-state index in [-0.39, 0.29) is 6.61 Å². The number of terminal acetylenes is 1. The lowest BCUT2D eigenvalue weighted by atomic mass is 10.0. The Morgan fingerprint density at radius 3 is 2.60 bits per heavy atom. The molecule has 0 bridgehead atoms. The van der Waals surface area contributed by atoms with Crippen LogP contribution in [0.1, 0.15) is 18.1 Å². The highest BCUT2D eigenvalue weighted by Crippen LogP contribution is 2.37. The summed E-state index contributed by atoms with van der Waals surface area (Å²) < 4.78 is 12.0. The van der Waals surface area contributed by atoms with E-state index in [0.29, 0.717) is 28.7 Å². The smallest absolute Gasteiger partial charge is 0.181 e. The first kappa shape index (κ1) is 18.9. The van der Waals surface area contributed by atoms with Gasteiger partial charge in [0.05, 0.1) is 23.3 Å².